The second kappa shape index (κ2) is 9.24. The number of nitrogens with one attached hydrogen (secondary N) is 1. The Bertz CT molecular complexity index is 1260. The minimum atomic E-state index is -0.367. The number of nitrogens with zero attached hydrogens (tertiary/aromatic N) is 1. The molecule has 1 aliphatic heterocycles. The molecule has 1 saturated heterocycles. The van der Waals surface area contributed by atoms with Gasteiger partial charge in [0.25, 0.3) is 5.91 Å². The number of carbonyl (C=O) groups excluding carboxylic acids is 3. The molecule has 5 rings (SSSR count). The van der Waals surface area contributed by atoms with Crippen molar-refractivity contribution >= 4 is 52.3 Å². The molecule has 5 nitrogen and oxygen atoms in total. The highest BCUT2D eigenvalue weighted by Crippen LogP contribution is 2.45. The van der Waals surface area contributed by atoms with Crippen molar-refractivity contribution in [3.05, 3.63) is 94.0 Å². The number of hydrogen-bond acceptors (Lipinski definition) is 3. The third kappa shape index (κ3) is 4.10. The first-order valence-electron chi connectivity index (χ1n) is 11.2. The molecule has 172 valence electrons. The molecule has 1 N–H and O–H groups in total. The third-order valence-electron chi connectivity index (χ3n) is 6.78. The van der Waals surface area contributed by atoms with E-state index in [1.165, 1.54) is 10.5 Å². The molecule has 0 spiro atoms. The van der Waals surface area contributed by atoms with E-state index in [1.807, 2.05) is 18.2 Å². The van der Waals surface area contributed by atoms with E-state index < -0.39 is 0 Å². The van der Waals surface area contributed by atoms with Gasteiger partial charge in [-0.3, -0.25) is 19.3 Å². The van der Waals surface area contributed by atoms with E-state index in [2.05, 4.69) is 17.4 Å². The van der Waals surface area contributed by atoms with Crippen molar-refractivity contribution in [3.63, 3.8) is 0 Å². The normalized spacial score (nSPS) is 21.9. The largest absolute Gasteiger partial charge is 0.321 e. The molecule has 1 aliphatic carbocycles. The Morgan fingerprint density at radius 3 is 2.26 bits per heavy atom. The minimum absolute atomic E-state index is 0.149. The molecule has 1 heterocycles. The van der Waals surface area contributed by atoms with Gasteiger partial charge in [0.05, 0.1) is 33.3 Å². The Hall–Kier alpha value is -3.15. The molecule has 0 aromatic heterocycles. The number of carbonyl (C=O) groups is 3. The molecular weight excluding hydrogens is 471 g/mol. The monoisotopic (exact) mass is 492 g/mol. The second-order valence-corrected chi connectivity index (χ2v) is 9.53. The van der Waals surface area contributed by atoms with Crippen molar-refractivity contribution in [2.45, 2.75) is 25.2 Å². The number of rotatable bonds is 4. The van der Waals surface area contributed by atoms with Crippen LogP contribution in [-0.4, -0.2) is 17.7 Å². The lowest BCUT2D eigenvalue weighted by Crippen LogP contribution is -2.30. The number of fused-ring (bicyclic) bond motifs is 1. The predicted octanol–water partition coefficient (Wildman–Crippen LogP) is 6.32. The first-order valence-corrected chi connectivity index (χ1v) is 12.0. The number of benzene rings is 3. The summed E-state index contributed by atoms with van der Waals surface area (Å²) in [5.41, 5.74) is 2.48. The Kier molecular flexibility index (Phi) is 6.15. The summed E-state index contributed by atoms with van der Waals surface area (Å²) in [6, 6.07) is 21.6. The van der Waals surface area contributed by atoms with Crippen LogP contribution in [0.5, 0.6) is 0 Å². The van der Waals surface area contributed by atoms with Gasteiger partial charge in [-0.1, -0.05) is 59.6 Å². The molecule has 2 fully saturated rings. The van der Waals surface area contributed by atoms with E-state index in [1.54, 1.807) is 42.5 Å². The number of halogens is 2. The van der Waals surface area contributed by atoms with E-state index in [0.717, 1.165) is 6.42 Å². The summed E-state index contributed by atoms with van der Waals surface area (Å²) in [5, 5.41) is 3.34. The Labute approximate surface area is 207 Å². The summed E-state index contributed by atoms with van der Waals surface area (Å²) in [7, 11) is 0. The van der Waals surface area contributed by atoms with Crippen LogP contribution in [-0.2, 0) is 9.59 Å². The maximum absolute atomic E-state index is 13.3. The second-order valence-electron chi connectivity index (χ2n) is 8.75. The topological polar surface area (TPSA) is 66.5 Å². The smallest absolute Gasteiger partial charge is 0.255 e. The van der Waals surface area contributed by atoms with Crippen LogP contribution in [0.15, 0.2) is 72.8 Å². The van der Waals surface area contributed by atoms with Crippen LogP contribution in [0.4, 0.5) is 11.4 Å². The number of hydrogen-bond donors (Lipinski definition) is 1. The molecule has 7 heteroatoms. The number of imide groups is 1. The Morgan fingerprint density at radius 2 is 1.53 bits per heavy atom. The van der Waals surface area contributed by atoms with Crippen molar-refractivity contribution in [2.75, 3.05) is 10.2 Å². The minimum Gasteiger partial charge on any atom is -0.321 e. The summed E-state index contributed by atoms with van der Waals surface area (Å²) in [5.74, 6) is -0.972. The van der Waals surface area contributed by atoms with Gasteiger partial charge >= 0.3 is 0 Å². The van der Waals surface area contributed by atoms with E-state index in [4.69, 9.17) is 23.2 Å². The lowest BCUT2D eigenvalue weighted by Gasteiger charge is -2.28. The summed E-state index contributed by atoms with van der Waals surface area (Å²) in [6.07, 6.45) is 2.27. The lowest BCUT2D eigenvalue weighted by molar-refractivity contribution is -0.122. The van der Waals surface area contributed by atoms with Gasteiger partial charge in [0, 0.05) is 5.56 Å². The first kappa shape index (κ1) is 22.6. The molecule has 0 radical (unpaired) electrons. The van der Waals surface area contributed by atoms with Gasteiger partial charge in [0.2, 0.25) is 11.8 Å². The molecule has 0 unspecified atom stereocenters. The predicted molar refractivity (Wildman–Crippen MR) is 133 cm³/mol. The summed E-state index contributed by atoms with van der Waals surface area (Å²) >= 11 is 12.2. The fourth-order valence-corrected chi connectivity index (χ4v) is 5.37. The average Bonchev–Trinajstić information content (AvgIpc) is 3.12. The van der Waals surface area contributed by atoms with Crippen LogP contribution in [0.3, 0.4) is 0 Å². The van der Waals surface area contributed by atoms with Crippen LogP contribution in [0.25, 0.3) is 0 Å². The van der Waals surface area contributed by atoms with Crippen molar-refractivity contribution < 1.29 is 14.4 Å². The van der Waals surface area contributed by atoms with Gasteiger partial charge in [-0.15, -0.1) is 0 Å². The molecule has 34 heavy (non-hydrogen) atoms. The third-order valence-corrected chi connectivity index (χ3v) is 7.60. The molecule has 3 atom stereocenters. The average molecular weight is 493 g/mol. The Balaban J connectivity index is 1.31. The van der Waals surface area contributed by atoms with Gasteiger partial charge in [0.15, 0.2) is 0 Å². The van der Waals surface area contributed by atoms with Gasteiger partial charge < -0.3 is 5.32 Å². The van der Waals surface area contributed by atoms with Crippen molar-refractivity contribution in [1.82, 2.24) is 0 Å². The van der Waals surface area contributed by atoms with E-state index in [-0.39, 0.29) is 40.5 Å². The fourth-order valence-electron chi connectivity index (χ4n) is 5.02. The molecule has 3 aromatic carbocycles. The van der Waals surface area contributed by atoms with Gasteiger partial charge in [-0.25, -0.2) is 0 Å². The number of anilines is 2. The molecule has 2 aliphatic rings. The maximum atomic E-state index is 13.3. The zero-order valence-electron chi connectivity index (χ0n) is 18.2. The quantitative estimate of drug-likeness (QED) is 0.433. The SMILES string of the molecule is O=C(Nc1cccc(Cl)c1Cl)c1ccc(N2C(=O)[C@H]3C[C@@H](c4ccccc4)CC[C@H]3C2=O)cc1. The highest BCUT2D eigenvalue weighted by molar-refractivity contribution is 6.44. The molecular formula is C27H22Cl2N2O3. The van der Waals surface area contributed by atoms with Crippen LogP contribution >= 0.6 is 23.2 Å². The van der Waals surface area contributed by atoms with E-state index in [9.17, 15) is 14.4 Å². The molecule has 3 aromatic rings. The molecule has 3 amide bonds. The van der Waals surface area contributed by atoms with Crippen LogP contribution in [0, 0.1) is 11.8 Å². The standard InChI is InChI=1S/C27H22Cl2N2O3/c28-22-7-4-8-23(24(22)29)30-25(32)17-9-12-19(13-10-17)31-26(33)20-14-11-18(15-21(20)27(31)34)16-5-2-1-3-6-16/h1-10,12-13,18,20-21H,11,14-15H2,(H,30,32)/t18-,20+,21-/m0/s1. The van der Waals surface area contributed by atoms with E-state index in [0.29, 0.717) is 34.8 Å². The van der Waals surface area contributed by atoms with Crippen molar-refractivity contribution in [3.8, 4) is 0 Å². The van der Waals surface area contributed by atoms with Crippen LogP contribution in [0.1, 0.15) is 41.1 Å². The van der Waals surface area contributed by atoms with Gasteiger partial charge in [-0.05, 0) is 67.1 Å². The molecule has 1 saturated carbocycles. The van der Waals surface area contributed by atoms with Crippen LogP contribution < -0.4 is 10.2 Å². The summed E-state index contributed by atoms with van der Waals surface area (Å²) in [6.45, 7) is 0. The summed E-state index contributed by atoms with van der Waals surface area (Å²) in [4.78, 5) is 40.3. The Morgan fingerprint density at radius 1 is 0.824 bits per heavy atom. The molecule has 0 bridgehead atoms. The van der Waals surface area contributed by atoms with E-state index >= 15 is 0 Å². The zero-order valence-corrected chi connectivity index (χ0v) is 19.7. The number of amides is 3. The summed E-state index contributed by atoms with van der Waals surface area (Å²) < 4.78 is 0. The lowest BCUT2D eigenvalue weighted by atomic mass is 9.73. The first-order chi connectivity index (χ1) is 16.4. The van der Waals surface area contributed by atoms with Crippen molar-refractivity contribution in [2.24, 2.45) is 11.8 Å². The van der Waals surface area contributed by atoms with Gasteiger partial charge in [0.1, 0.15) is 0 Å². The zero-order chi connectivity index (χ0) is 23.8. The highest BCUT2D eigenvalue weighted by atomic mass is 35.5. The van der Waals surface area contributed by atoms with Crippen LogP contribution in [0.2, 0.25) is 10.0 Å². The maximum Gasteiger partial charge on any atom is 0.255 e. The highest BCUT2D eigenvalue weighted by Gasteiger charge is 2.50. The van der Waals surface area contributed by atoms with Gasteiger partial charge in [-0.2, -0.15) is 0 Å². The van der Waals surface area contributed by atoms with Crippen molar-refractivity contribution in [1.29, 1.82) is 0 Å². The fraction of sp³-hybridized carbons (Fsp3) is 0.222.